The summed E-state index contributed by atoms with van der Waals surface area (Å²) in [5.74, 6) is 0.650. The Kier molecular flexibility index (Phi) is 3.61. The maximum atomic E-state index is 6.10. The molecule has 0 radical (unpaired) electrons. The van der Waals surface area contributed by atoms with Crippen LogP contribution < -0.4 is 5.73 Å². The Labute approximate surface area is 115 Å². The van der Waals surface area contributed by atoms with E-state index in [4.69, 9.17) is 10.5 Å². The van der Waals surface area contributed by atoms with Gasteiger partial charge in [-0.2, -0.15) is 0 Å². The van der Waals surface area contributed by atoms with Crippen LogP contribution in [0.25, 0.3) is 0 Å². The van der Waals surface area contributed by atoms with E-state index in [1.54, 1.807) is 0 Å². The molecule has 2 N–H and O–H groups in total. The lowest BCUT2D eigenvalue weighted by Gasteiger charge is -2.40. The third-order valence-corrected chi connectivity index (χ3v) is 5.10. The van der Waals surface area contributed by atoms with E-state index in [2.05, 4.69) is 42.2 Å². The van der Waals surface area contributed by atoms with Crippen LogP contribution in [-0.2, 0) is 4.74 Å². The van der Waals surface area contributed by atoms with Crippen LogP contribution in [0.4, 0.5) is 0 Å². The predicted molar refractivity (Wildman–Crippen MR) is 77.2 cm³/mol. The van der Waals surface area contributed by atoms with Crippen LogP contribution in [0.5, 0.6) is 0 Å². The zero-order valence-corrected chi connectivity index (χ0v) is 11.7. The second kappa shape index (κ2) is 5.23. The average Bonchev–Trinajstić information content (AvgIpc) is 3.07. The number of benzene rings is 1. The number of likely N-dealkylation sites (tertiary alicyclic amines) is 1. The van der Waals surface area contributed by atoms with Crippen LogP contribution in [-0.4, -0.2) is 42.8 Å². The van der Waals surface area contributed by atoms with Crippen LogP contribution >= 0.6 is 0 Å². The second-order valence-electron chi connectivity index (χ2n) is 5.91. The van der Waals surface area contributed by atoms with E-state index >= 15 is 0 Å². The fourth-order valence-electron chi connectivity index (χ4n) is 3.75. The first-order valence-corrected chi connectivity index (χ1v) is 7.38. The minimum atomic E-state index is 0.0729. The number of hydrogen-bond donors (Lipinski definition) is 1. The summed E-state index contributed by atoms with van der Waals surface area (Å²) in [6.45, 7) is 6.00. The number of nitrogens with two attached hydrogens (primary N) is 1. The van der Waals surface area contributed by atoms with Gasteiger partial charge in [0.1, 0.15) is 0 Å². The molecule has 1 aromatic carbocycles. The summed E-state index contributed by atoms with van der Waals surface area (Å²) < 4.78 is 5.79. The van der Waals surface area contributed by atoms with Gasteiger partial charge in [0.2, 0.25) is 0 Å². The number of ether oxygens (including phenoxy) is 1. The Morgan fingerprint density at radius 3 is 2.79 bits per heavy atom. The summed E-state index contributed by atoms with van der Waals surface area (Å²) in [5, 5.41) is 0. The normalized spacial score (nSPS) is 35.9. The monoisotopic (exact) mass is 260 g/mol. The summed E-state index contributed by atoms with van der Waals surface area (Å²) in [7, 11) is 0. The van der Waals surface area contributed by atoms with Gasteiger partial charge < -0.3 is 10.5 Å². The molecule has 3 atom stereocenters. The third-order valence-electron chi connectivity index (χ3n) is 5.10. The van der Waals surface area contributed by atoms with Crippen molar-refractivity contribution in [2.24, 2.45) is 5.73 Å². The van der Waals surface area contributed by atoms with Crippen molar-refractivity contribution < 1.29 is 4.74 Å². The summed E-state index contributed by atoms with van der Waals surface area (Å²) >= 11 is 0. The number of rotatable bonds is 3. The summed E-state index contributed by atoms with van der Waals surface area (Å²) in [5.41, 5.74) is 7.64. The first kappa shape index (κ1) is 13.1. The van der Waals surface area contributed by atoms with Crippen molar-refractivity contribution in [2.45, 2.75) is 37.3 Å². The van der Waals surface area contributed by atoms with Gasteiger partial charge in [0, 0.05) is 19.7 Å². The summed E-state index contributed by atoms with van der Waals surface area (Å²) in [6.07, 6.45) is 2.57. The zero-order chi connectivity index (χ0) is 13.3. The summed E-state index contributed by atoms with van der Waals surface area (Å²) in [6, 6.07) is 10.9. The number of hydrogen-bond acceptors (Lipinski definition) is 3. The lowest BCUT2D eigenvalue weighted by Crippen LogP contribution is -2.57. The van der Waals surface area contributed by atoms with Crippen LogP contribution in [0.2, 0.25) is 0 Å². The molecule has 3 nitrogen and oxygen atoms in total. The molecule has 3 unspecified atom stereocenters. The van der Waals surface area contributed by atoms with Crippen LogP contribution in [0.1, 0.15) is 31.2 Å². The molecule has 0 spiro atoms. The Morgan fingerprint density at radius 1 is 1.37 bits per heavy atom. The minimum Gasteiger partial charge on any atom is -0.376 e. The SMILES string of the molecule is CC1OCCC1(CN)N1CCC(c2ccccc2)C1. The Balaban J connectivity index is 1.75. The Morgan fingerprint density at radius 2 is 2.16 bits per heavy atom. The van der Waals surface area contributed by atoms with Gasteiger partial charge in [-0.05, 0) is 37.8 Å². The van der Waals surface area contributed by atoms with Crippen LogP contribution in [0.15, 0.2) is 30.3 Å². The highest BCUT2D eigenvalue weighted by molar-refractivity contribution is 5.22. The lowest BCUT2D eigenvalue weighted by atomic mass is 9.90. The van der Waals surface area contributed by atoms with Crippen LogP contribution in [0.3, 0.4) is 0 Å². The molecule has 2 aliphatic heterocycles. The smallest absolute Gasteiger partial charge is 0.0743 e. The first-order valence-electron chi connectivity index (χ1n) is 7.38. The fourth-order valence-corrected chi connectivity index (χ4v) is 3.75. The van der Waals surface area contributed by atoms with Crippen molar-refractivity contribution in [3.63, 3.8) is 0 Å². The molecule has 0 saturated carbocycles. The van der Waals surface area contributed by atoms with Gasteiger partial charge in [-0.1, -0.05) is 30.3 Å². The van der Waals surface area contributed by atoms with Gasteiger partial charge >= 0.3 is 0 Å². The molecule has 19 heavy (non-hydrogen) atoms. The van der Waals surface area contributed by atoms with Gasteiger partial charge in [-0.25, -0.2) is 0 Å². The van der Waals surface area contributed by atoms with Crippen molar-refractivity contribution >= 4 is 0 Å². The van der Waals surface area contributed by atoms with E-state index in [1.807, 2.05) is 0 Å². The highest BCUT2D eigenvalue weighted by Crippen LogP contribution is 2.38. The quantitative estimate of drug-likeness (QED) is 0.903. The van der Waals surface area contributed by atoms with Gasteiger partial charge in [-0.15, -0.1) is 0 Å². The van der Waals surface area contributed by atoms with E-state index in [0.717, 1.165) is 26.1 Å². The minimum absolute atomic E-state index is 0.0729. The third kappa shape index (κ3) is 2.20. The van der Waals surface area contributed by atoms with Crippen molar-refractivity contribution in [3.05, 3.63) is 35.9 Å². The molecule has 0 aliphatic carbocycles. The molecule has 1 aromatic rings. The van der Waals surface area contributed by atoms with Crippen molar-refractivity contribution in [2.75, 3.05) is 26.2 Å². The van der Waals surface area contributed by atoms with Crippen LogP contribution in [0, 0.1) is 0 Å². The zero-order valence-electron chi connectivity index (χ0n) is 11.7. The second-order valence-corrected chi connectivity index (χ2v) is 5.91. The molecular weight excluding hydrogens is 236 g/mol. The molecule has 2 saturated heterocycles. The Bertz CT molecular complexity index is 422. The maximum absolute atomic E-state index is 6.10. The average molecular weight is 260 g/mol. The standard InChI is InChI=1S/C16H24N2O/c1-13-16(12-17,8-10-19-13)18-9-7-15(11-18)14-5-3-2-4-6-14/h2-6,13,15H,7-12,17H2,1H3. The highest BCUT2D eigenvalue weighted by atomic mass is 16.5. The summed E-state index contributed by atoms with van der Waals surface area (Å²) in [4.78, 5) is 2.59. The maximum Gasteiger partial charge on any atom is 0.0743 e. The Hall–Kier alpha value is -0.900. The topological polar surface area (TPSA) is 38.5 Å². The van der Waals surface area contributed by atoms with Gasteiger partial charge in [0.15, 0.2) is 0 Å². The lowest BCUT2D eigenvalue weighted by molar-refractivity contribution is 0.0265. The molecule has 3 heteroatoms. The largest absolute Gasteiger partial charge is 0.376 e. The van der Waals surface area contributed by atoms with Crippen molar-refractivity contribution in [3.8, 4) is 0 Å². The van der Waals surface area contributed by atoms with Crippen molar-refractivity contribution in [1.29, 1.82) is 0 Å². The number of nitrogens with zero attached hydrogens (tertiary/aromatic N) is 1. The first-order chi connectivity index (χ1) is 9.26. The molecule has 104 valence electrons. The van der Waals surface area contributed by atoms with E-state index in [9.17, 15) is 0 Å². The van der Waals surface area contributed by atoms with Gasteiger partial charge in [0.05, 0.1) is 11.6 Å². The van der Waals surface area contributed by atoms with Gasteiger partial charge in [-0.3, -0.25) is 4.90 Å². The van der Waals surface area contributed by atoms with Crippen molar-refractivity contribution in [1.82, 2.24) is 4.90 Å². The molecular formula is C16H24N2O. The van der Waals surface area contributed by atoms with E-state index in [-0.39, 0.29) is 11.6 Å². The van der Waals surface area contributed by atoms with E-state index < -0.39 is 0 Å². The highest BCUT2D eigenvalue weighted by Gasteiger charge is 2.47. The van der Waals surface area contributed by atoms with Gasteiger partial charge in [0.25, 0.3) is 0 Å². The molecule has 2 heterocycles. The molecule has 0 bridgehead atoms. The predicted octanol–water partition coefficient (Wildman–Crippen LogP) is 1.98. The molecule has 0 amide bonds. The molecule has 2 aliphatic rings. The molecule has 3 rings (SSSR count). The van der Waals surface area contributed by atoms with E-state index in [0.29, 0.717) is 12.5 Å². The fraction of sp³-hybridized carbons (Fsp3) is 0.625. The van der Waals surface area contributed by atoms with E-state index in [1.165, 1.54) is 12.0 Å². The molecule has 2 fully saturated rings. The molecule has 0 aromatic heterocycles.